The summed E-state index contributed by atoms with van der Waals surface area (Å²) < 4.78 is 0. The quantitative estimate of drug-likeness (QED) is 0.336. The van der Waals surface area contributed by atoms with Crippen molar-refractivity contribution >= 4 is 24.2 Å². The van der Waals surface area contributed by atoms with Gasteiger partial charge in [-0.15, -0.1) is 0 Å². The SMILES string of the molecule is O=C(O)C=Cc1ccc(O)c(O)c1/C=C/c1ccc(O)c(O)c1. The molecular formula is C17H14O6. The standard InChI is InChI=1S/C17H14O6/c18-13-6-2-10(9-15(13)20)1-5-12-11(4-8-16(21)22)3-7-14(19)17(12)23/h1-9,18-20,23H,(H,21,22)/b5-1+,8-4?. The summed E-state index contributed by atoms with van der Waals surface area (Å²) in [7, 11) is 0. The van der Waals surface area contributed by atoms with Gasteiger partial charge in [0.1, 0.15) is 0 Å². The summed E-state index contributed by atoms with van der Waals surface area (Å²) in [6, 6.07) is 6.88. The van der Waals surface area contributed by atoms with Crippen LogP contribution in [0.3, 0.4) is 0 Å². The van der Waals surface area contributed by atoms with E-state index in [-0.39, 0.29) is 22.8 Å². The highest BCUT2D eigenvalue weighted by atomic mass is 16.4. The average molecular weight is 314 g/mol. The van der Waals surface area contributed by atoms with Crippen LogP contribution in [-0.2, 0) is 4.79 Å². The van der Waals surface area contributed by atoms with Crippen molar-refractivity contribution in [2.45, 2.75) is 0 Å². The minimum Gasteiger partial charge on any atom is -0.504 e. The zero-order chi connectivity index (χ0) is 17.0. The monoisotopic (exact) mass is 314 g/mol. The number of aliphatic carboxylic acids is 1. The number of phenolic OH excluding ortho intramolecular Hbond substituents is 4. The first-order valence-electron chi connectivity index (χ1n) is 6.54. The summed E-state index contributed by atoms with van der Waals surface area (Å²) >= 11 is 0. The Morgan fingerprint density at radius 2 is 1.52 bits per heavy atom. The Hall–Kier alpha value is -3.41. The molecule has 0 atom stereocenters. The molecule has 2 aromatic rings. The number of hydrogen-bond acceptors (Lipinski definition) is 5. The first-order valence-corrected chi connectivity index (χ1v) is 6.54. The molecule has 0 saturated carbocycles. The maximum atomic E-state index is 10.6. The van der Waals surface area contributed by atoms with Crippen LogP contribution in [0.5, 0.6) is 23.0 Å². The zero-order valence-electron chi connectivity index (χ0n) is 11.8. The summed E-state index contributed by atoms with van der Waals surface area (Å²) in [6.45, 7) is 0. The van der Waals surface area contributed by atoms with E-state index in [1.807, 2.05) is 0 Å². The number of phenols is 4. The van der Waals surface area contributed by atoms with Gasteiger partial charge in [0.2, 0.25) is 0 Å². The molecule has 0 aromatic heterocycles. The number of hydrogen-bond donors (Lipinski definition) is 5. The number of aromatic hydroxyl groups is 4. The lowest BCUT2D eigenvalue weighted by molar-refractivity contribution is -0.131. The third kappa shape index (κ3) is 3.82. The molecular weight excluding hydrogens is 300 g/mol. The van der Waals surface area contributed by atoms with Crippen LogP contribution in [0.1, 0.15) is 16.7 Å². The maximum absolute atomic E-state index is 10.6. The van der Waals surface area contributed by atoms with Gasteiger partial charge in [-0.3, -0.25) is 0 Å². The summed E-state index contributed by atoms with van der Waals surface area (Å²) in [5.41, 5.74) is 1.15. The molecule has 23 heavy (non-hydrogen) atoms. The molecule has 6 heteroatoms. The molecule has 0 aliphatic rings. The number of rotatable bonds is 4. The fourth-order valence-corrected chi connectivity index (χ4v) is 1.92. The molecule has 0 heterocycles. The number of benzene rings is 2. The second kappa shape index (κ2) is 6.57. The molecule has 0 spiro atoms. The Morgan fingerprint density at radius 1 is 0.826 bits per heavy atom. The van der Waals surface area contributed by atoms with Crippen molar-refractivity contribution in [1.82, 2.24) is 0 Å². The van der Waals surface area contributed by atoms with Crippen molar-refractivity contribution < 1.29 is 30.3 Å². The highest BCUT2D eigenvalue weighted by Gasteiger charge is 2.08. The number of carboxylic acid groups (broad SMARTS) is 1. The summed E-state index contributed by atoms with van der Waals surface area (Å²) in [5.74, 6) is -2.43. The molecule has 0 saturated heterocycles. The van der Waals surface area contributed by atoms with Gasteiger partial charge in [-0.2, -0.15) is 0 Å². The van der Waals surface area contributed by atoms with E-state index in [1.165, 1.54) is 48.6 Å². The lowest BCUT2D eigenvalue weighted by Crippen LogP contribution is -1.88. The largest absolute Gasteiger partial charge is 0.504 e. The van der Waals surface area contributed by atoms with Crippen molar-refractivity contribution in [3.63, 3.8) is 0 Å². The Bertz CT molecular complexity index is 805. The van der Waals surface area contributed by atoms with Crippen molar-refractivity contribution in [2.75, 3.05) is 0 Å². The number of carboxylic acids is 1. The van der Waals surface area contributed by atoms with Crippen molar-refractivity contribution in [2.24, 2.45) is 0 Å². The van der Waals surface area contributed by atoms with Crippen LogP contribution in [0.15, 0.2) is 36.4 Å². The molecule has 0 radical (unpaired) electrons. The van der Waals surface area contributed by atoms with Gasteiger partial charge in [0.15, 0.2) is 23.0 Å². The van der Waals surface area contributed by atoms with E-state index < -0.39 is 11.7 Å². The van der Waals surface area contributed by atoms with Crippen LogP contribution in [0.2, 0.25) is 0 Å². The Labute approximate surface area is 131 Å². The first-order chi connectivity index (χ1) is 10.9. The lowest BCUT2D eigenvalue weighted by Gasteiger charge is -2.06. The minimum absolute atomic E-state index is 0.218. The van der Waals surface area contributed by atoms with Crippen molar-refractivity contribution in [1.29, 1.82) is 0 Å². The molecule has 2 rings (SSSR count). The molecule has 2 aromatic carbocycles. The second-order valence-electron chi connectivity index (χ2n) is 4.69. The molecule has 0 aliphatic carbocycles. The van der Waals surface area contributed by atoms with Gasteiger partial charge in [0, 0.05) is 11.6 Å². The molecule has 0 unspecified atom stereocenters. The van der Waals surface area contributed by atoms with Gasteiger partial charge < -0.3 is 25.5 Å². The Kier molecular flexibility index (Phi) is 4.56. The third-order valence-electron chi connectivity index (χ3n) is 3.08. The van der Waals surface area contributed by atoms with E-state index in [0.29, 0.717) is 11.1 Å². The highest BCUT2D eigenvalue weighted by Crippen LogP contribution is 2.34. The Balaban J connectivity index is 2.44. The summed E-state index contributed by atoms with van der Waals surface area (Å²) in [6.07, 6.45) is 5.19. The van der Waals surface area contributed by atoms with Crippen molar-refractivity contribution in [3.05, 3.63) is 53.1 Å². The van der Waals surface area contributed by atoms with Gasteiger partial charge in [0.05, 0.1) is 0 Å². The van der Waals surface area contributed by atoms with E-state index in [4.69, 9.17) is 5.11 Å². The Morgan fingerprint density at radius 3 is 2.17 bits per heavy atom. The molecule has 0 amide bonds. The van der Waals surface area contributed by atoms with Crippen LogP contribution in [0, 0.1) is 0 Å². The smallest absolute Gasteiger partial charge is 0.328 e. The van der Waals surface area contributed by atoms with E-state index in [1.54, 1.807) is 0 Å². The topological polar surface area (TPSA) is 118 Å². The van der Waals surface area contributed by atoms with E-state index in [9.17, 15) is 25.2 Å². The number of carbonyl (C=O) groups is 1. The van der Waals surface area contributed by atoms with Gasteiger partial charge in [-0.25, -0.2) is 4.79 Å². The molecule has 0 fully saturated rings. The molecule has 5 N–H and O–H groups in total. The second-order valence-corrected chi connectivity index (χ2v) is 4.69. The van der Waals surface area contributed by atoms with E-state index in [2.05, 4.69) is 0 Å². The lowest BCUT2D eigenvalue weighted by atomic mass is 10.0. The molecule has 118 valence electrons. The van der Waals surface area contributed by atoms with Gasteiger partial charge in [-0.05, 0) is 41.5 Å². The van der Waals surface area contributed by atoms with Crippen LogP contribution in [0.4, 0.5) is 0 Å². The normalized spacial score (nSPS) is 11.3. The average Bonchev–Trinajstić information content (AvgIpc) is 2.50. The minimum atomic E-state index is -1.14. The predicted molar refractivity (Wildman–Crippen MR) is 85.1 cm³/mol. The zero-order valence-corrected chi connectivity index (χ0v) is 11.8. The predicted octanol–water partition coefficient (Wildman–Crippen LogP) is 2.78. The third-order valence-corrected chi connectivity index (χ3v) is 3.08. The van der Waals surface area contributed by atoms with Gasteiger partial charge >= 0.3 is 5.97 Å². The fourth-order valence-electron chi connectivity index (χ4n) is 1.92. The molecule has 0 aliphatic heterocycles. The highest BCUT2D eigenvalue weighted by molar-refractivity contribution is 5.88. The fraction of sp³-hybridized carbons (Fsp3) is 0. The van der Waals surface area contributed by atoms with E-state index in [0.717, 1.165) is 6.08 Å². The van der Waals surface area contributed by atoms with E-state index >= 15 is 0 Å². The van der Waals surface area contributed by atoms with Crippen LogP contribution in [-0.4, -0.2) is 31.5 Å². The van der Waals surface area contributed by atoms with Gasteiger partial charge in [0.25, 0.3) is 0 Å². The van der Waals surface area contributed by atoms with Crippen LogP contribution in [0.25, 0.3) is 18.2 Å². The van der Waals surface area contributed by atoms with Crippen molar-refractivity contribution in [3.8, 4) is 23.0 Å². The maximum Gasteiger partial charge on any atom is 0.328 e. The van der Waals surface area contributed by atoms with Crippen LogP contribution >= 0.6 is 0 Å². The summed E-state index contributed by atoms with van der Waals surface area (Å²) in [5, 5.41) is 46.9. The van der Waals surface area contributed by atoms with Crippen LogP contribution < -0.4 is 0 Å². The molecule has 0 bridgehead atoms. The first kappa shape index (κ1) is 16.0. The van der Waals surface area contributed by atoms with Gasteiger partial charge in [-0.1, -0.05) is 18.2 Å². The molecule has 6 nitrogen and oxygen atoms in total. The summed E-state index contributed by atoms with van der Waals surface area (Å²) in [4.78, 5) is 10.6.